The minimum absolute atomic E-state index is 0.0628. The van der Waals surface area contributed by atoms with Gasteiger partial charge in [0.2, 0.25) is 5.91 Å². The molecule has 0 saturated heterocycles. The Morgan fingerprint density at radius 3 is 2.54 bits per heavy atom. The summed E-state index contributed by atoms with van der Waals surface area (Å²) in [6.07, 6.45) is 4.32. The highest BCUT2D eigenvalue weighted by molar-refractivity contribution is 6.05. The average molecular weight is 382 g/mol. The van der Waals surface area contributed by atoms with E-state index in [4.69, 9.17) is 10.5 Å². The van der Waals surface area contributed by atoms with Crippen LogP contribution in [0.2, 0.25) is 0 Å². The Hall–Kier alpha value is -2.96. The van der Waals surface area contributed by atoms with E-state index in [9.17, 15) is 9.59 Å². The first-order valence-corrected chi connectivity index (χ1v) is 9.79. The molecule has 2 heterocycles. The number of hydrogen-bond donors (Lipinski definition) is 1. The van der Waals surface area contributed by atoms with Crippen LogP contribution in [0.4, 0.5) is 5.82 Å². The van der Waals surface area contributed by atoms with Gasteiger partial charge in [-0.25, -0.2) is 9.97 Å². The monoisotopic (exact) mass is 382 g/mol. The Morgan fingerprint density at radius 2 is 1.89 bits per heavy atom. The highest BCUT2D eigenvalue weighted by Gasteiger charge is 2.33. The summed E-state index contributed by atoms with van der Waals surface area (Å²) in [4.78, 5) is 35.1. The summed E-state index contributed by atoms with van der Waals surface area (Å²) in [6, 6.07) is 7.32. The summed E-state index contributed by atoms with van der Waals surface area (Å²) in [7, 11) is 0. The van der Waals surface area contributed by atoms with Crippen LogP contribution in [-0.4, -0.2) is 34.9 Å². The van der Waals surface area contributed by atoms with E-state index < -0.39 is 5.91 Å². The molecule has 2 amide bonds. The van der Waals surface area contributed by atoms with Crippen LogP contribution in [0.25, 0.3) is 11.4 Å². The maximum Gasteiger partial charge on any atom is 0.267 e. The van der Waals surface area contributed by atoms with Crippen LogP contribution < -0.4 is 15.4 Å². The lowest BCUT2D eigenvalue weighted by Crippen LogP contribution is -2.28. The second-order valence-electron chi connectivity index (χ2n) is 6.80. The van der Waals surface area contributed by atoms with Gasteiger partial charge < -0.3 is 10.5 Å². The smallest absolute Gasteiger partial charge is 0.267 e. The molecule has 0 bridgehead atoms. The fourth-order valence-electron chi connectivity index (χ4n) is 3.35. The zero-order valence-electron chi connectivity index (χ0n) is 16.4. The van der Waals surface area contributed by atoms with E-state index in [1.807, 2.05) is 31.2 Å². The van der Waals surface area contributed by atoms with Gasteiger partial charge in [0.05, 0.1) is 13.0 Å². The second-order valence-corrected chi connectivity index (χ2v) is 6.80. The largest absolute Gasteiger partial charge is 0.494 e. The summed E-state index contributed by atoms with van der Waals surface area (Å²) in [5.74, 6) is 0.923. The number of nitrogens with two attached hydrogens (primary N) is 1. The van der Waals surface area contributed by atoms with Gasteiger partial charge in [-0.05, 0) is 37.6 Å². The summed E-state index contributed by atoms with van der Waals surface area (Å²) >= 11 is 0. The highest BCUT2D eigenvalue weighted by atomic mass is 16.5. The van der Waals surface area contributed by atoms with Crippen molar-refractivity contribution in [1.82, 2.24) is 9.97 Å². The number of ether oxygens (including phenoxy) is 1. The molecule has 7 heteroatoms. The molecule has 148 valence electrons. The van der Waals surface area contributed by atoms with Gasteiger partial charge in [0.25, 0.3) is 5.91 Å². The Labute approximate surface area is 164 Å². The minimum Gasteiger partial charge on any atom is -0.494 e. The first kappa shape index (κ1) is 19.8. The van der Waals surface area contributed by atoms with Gasteiger partial charge in [-0.2, -0.15) is 0 Å². The molecule has 1 aliphatic rings. The number of benzene rings is 1. The van der Waals surface area contributed by atoms with Crippen molar-refractivity contribution in [2.45, 2.75) is 46.0 Å². The molecule has 2 N–H and O–H groups in total. The van der Waals surface area contributed by atoms with E-state index in [1.165, 1.54) is 0 Å². The van der Waals surface area contributed by atoms with Gasteiger partial charge in [-0.1, -0.05) is 26.2 Å². The van der Waals surface area contributed by atoms with E-state index >= 15 is 0 Å². The van der Waals surface area contributed by atoms with Crippen LogP contribution in [0.3, 0.4) is 0 Å². The Bertz CT molecular complexity index is 865. The maximum absolute atomic E-state index is 12.5. The number of carbonyl (C=O) groups is 2. The molecule has 3 rings (SSSR count). The van der Waals surface area contributed by atoms with Crippen molar-refractivity contribution in [3.8, 4) is 17.1 Å². The third kappa shape index (κ3) is 4.13. The Balaban J connectivity index is 1.95. The lowest BCUT2D eigenvalue weighted by molar-refractivity contribution is -0.117. The molecule has 0 atom stereocenters. The Kier molecular flexibility index (Phi) is 6.23. The quantitative estimate of drug-likeness (QED) is 0.672. The molecule has 1 aliphatic heterocycles. The first-order valence-electron chi connectivity index (χ1n) is 9.79. The van der Waals surface area contributed by atoms with Gasteiger partial charge in [0, 0.05) is 17.7 Å². The zero-order valence-corrected chi connectivity index (χ0v) is 16.4. The van der Waals surface area contributed by atoms with E-state index in [1.54, 1.807) is 4.90 Å². The molecule has 0 unspecified atom stereocenters. The highest BCUT2D eigenvalue weighted by Crippen LogP contribution is 2.32. The summed E-state index contributed by atoms with van der Waals surface area (Å²) in [5, 5.41) is 0. The van der Waals surface area contributed by atoms with E-state index in [-0.39, 0.29) is 18.0 Å². The van der Waals surface area contributed by atoms with Gasteiger partial charge in [0.15, 0.2) is 5.82 Å². The SMILES string of the molecule is CCCCCCN1C(=O)Cc2c(C(N)=O)nc(-c3ccc(OCC)cc3)nc21. The van der Waals surface area contributed by atoms with Crippen LogP contribution in [-0.2, 0) is 11.2 Å². The fraction of sp³-hybridized carbons (Fsp3) is 0.429. The van der Waals surface area contributed by atoms with E-state index in [0.29, 0.717) is 30.4 Å². The number of primary amides is 1. The van der Waals surface area contributed by atoms with Crippen LogP contribution in [0, 0.1) is 0 Å². The predicted octanol–water partition coefficient (Wildman–Crippen LogP) is 3.11. The molecule has 0 radical (unpaired) electrons. The molecule has 0 saturated carbocycles. The summed E-state index contributed by atoms with van der Waals surface area (Å²) in [6.45, 7) is 5.23. The average Bonchev–Trinajstić information content (AvgIpc) is 3.00. The van der Waals surface area contributed by atoms with E-state index in [2.05, 4.69) is 16.9 Å². The number of unbranched alkanes of at least 4 members (excludes halogenated alkanes) is 3. The number of anilines is 1. The van der Waals surface area contributed by atoms with Crippen molar-refractivity contribution in [2.75, 3.05) is 18.1 Å². The second kappa shape index (κ2) is 8.82. The fourth-order valence-corrected chi connectivity index (χ4v) is 3.35. The molecule has 0 aliphatic carbocycles. The van der Waals surface area contributed by atoms with E-state index in [0.717, 1.165) is 37.0 Å². The zero-order chi connectivity index (χ0) is 20.1. The van der Waals surface area contributed by atoms with Crippen molar-refractivity contribution in [3.05, 3.63) is 35.5 Å². The van der Waals surface area contributed by atoms with Crippen molar-refractivity contribution in [2.24, 2.45) is 5.73 Å². The van der Waals surface area contributed by atoms with Crippen LogP contribution >= 0.6 is 0 Å². The minimum atomic E-state index is -0.647. The van der Waals surface area contributed by atoms with Gasteiger partial charge >= 0.3 is 0 Å². The lowest BCUT2D eigenvalue weighted by Gasteiger charge is -2.17. The summed E-state index contributed by atoms with van der Waals surface area (Å²) in [5.41, 5.74) is 6.94. The molecular weight excluding hydrogens is 356 g/mol. The van der Waals surface area contributed by atoms with Gasteiger partial charge in [-0.15, -0.1) is 0 Å². The number of fused-ring (bicyclic) bond motifs is 1. The first-order chi connectivity index (χ1) is 13.5. The molecule has 28 heavy (non-hydrogen) atoms. The topological polar surface area (TPSA) is 98.4 Å². The predicted molar refractivity (Wildman–Crippen MR) is 107 cm³/mol. The van der Waals surface area contributed by atoms with Crippen molar-refractivity contribution < 1.29 is 14.3 Å². The number of nitrogens with zero attached hydrogens (tertiary/aromatic N) is 3. The van der Waals surface area contributed by atoms with Gasteiger partial charge in [-0.3, -0.25) is 14.5 Å². The molecule has 1 aromatic heterocycles. The van der Waals surface area contributed by atoms with Crippen molar-refractivity contribution in [1.29, 1.82) is 0 Å². The lowest BCUT2D eigenvalue weighted by atomic mass is 10.1. The molecule has 0 spiro atoms. The molecular formula is C21H26N4O3. The van der Waals surface area contributed by atoms with Gasteiger partial charge in [0.1, 0.15) is 17.3 Å². The number of carbonyl (C=O) groups excluding carboxylic acids is 2. The van der Waals surface area contributed by atoms with Crippen molar-refractivity contribution >= 4 is 17.6 Å². The summed E-state index contributed by atoms with van der Waals surface area (Å²) < 4.78 is 5.46. The van der Waals surface area contributed by atoms with Crippen LogP contribution in [0.1, 0.15) is 55.6 Å². The molecule has 7 nitrogen and oxygen atoms in total. The molecule has 1 aromatic carbocycles. The number of aromatic nitrogens is 2. The van der Waals surface area contributed by atoms with Crippen LogP contribution in [0.5, 0.6) is 5.75 Å². The number of amides is 2. The Morgan fingerprint density at radius 1 is 1.14 bits per heavy atom. The normalized spacial score (nSPS) is 12.9. The third-order valence-electron chi connectivity index (χ3n) is 4.76. The molecule has 2 aromatic rings. The third-order valence-corrected chi connectivity index (χ3v) is 4.76. The molecule has 0 fully saturated rings. The number of rotatable bonds is 9. The maximum atomic E-state index is 12.5. The van der Waals surface area contributed by atoms with Crippen LogP contribution in [0.15, 0.2) is 24.3 Å². The number of hydrogen-bond acceptors (Lipinski definition) is 5. The van der Waals surface area contributed by atoms with Crippen molar-refractivity contribution in [3.63, 3.8) is 0 Å². The standard InChI is InChI=1S/C21H26N4O3/c1-3-5-6-7-12-25-17(26)13-16-18(19(22)27)23-20(24-21(16)25)14-8-10-15(11-9-14)28-4-2/h8-11H,3-7,12-13H2,1-2H3,(H2,22,27).